The van der Waals surface area contributed by atoms with E-state index < -0.39 is 12.3 Å². The van der Waals surface area contributed by atoms with Gasteiger partial charge in [0.15, 0.2) is 0 Å². The molecule has 2 atom stereocenters. The van der Waals surface area contributed by atoms with Crippen LogP contribution < -0.4 is 11.1 Å². The second-order valence-electron chi connectivity index (χ2n) is 3.34. The molecule has 0 aromatic rings. The van der Waals surface area contributed by atoms with Crippen LogP contribution in [0.15, 0.2) is 0 Å². The van der Waals surface area contributed by atoms with Crippen LogP contribution in [-0.4, -0.2) is 24.9 Å². The van der Waals surface area contributed by atoms with E-state index in [0.717, 1.165) is 19.3 Å². The molecule has 0 bridgehead atoms. The summed E-state index contributed by atoms with van der Waals surface area (Å²) in [6.45, 7) is 0.453. The van der Waals surface area contributed by atoms with Crippen LogP contribution in [0.3, 0.4) is 0 Å². The van der Waals surface area contributed by atoms with Crippen molar-refractivity contribution in [2.24, 2.45) is 11.7 Å². The van der Waals surface area contributed by atoms with Gasteiger partial charge in [0.25, 0.3) is 5.91 Å². The average molecular weight is 192 g/mol. The van der Waals surface area contributed by atoms with Crippen molar-refractivity contribution >= 4 is 5.91 Å². The lowest BCUT2D eigenvalue weighted by atomic mass is 10.0. The van der Waals surface area contributed by atoms with E-state index in [4.69, 9.17) is 5.73 Å². The van der Waals surface area contributed by atoms with Gasteiger partial charge < -0.3 is 11.1 Å². The molecule has 1 aliphatic rings. The maximum absolute atomic E-state index is 11.9. The van der Waals surface area contributed by atoms with E-state index in [0.29, 0.717) is 6.54 Å². The first kappa shape index (κ1) is 10.4. The van der Waals surface area contributed by atoms with Crippen molar-refractivity contribution in [3.8, 4) is 0 Å². The summed E-state index contributed by atoms with van der Waals surface area (Å²) < 4.78 is 23.7. The molecule has 1 rings (SSSR count). The van der Waals surface area contributed by atoms with Gasteiger partial charge in [0, 0.05) is 6.04 Å². The van der Waals surface area contributed by atoms with E-state index in [2.05, 4.69) is 5.32 Å². The highest BCUT2D eigenvalue weighted by Gasteiger charge is 2.29. The summed E-state index contributed by atoms with van der Waals surface area (Å²) in [5.74, 6) is -1.01. The molecule has 0 aromatic carbocycles. The van der Waals surface area contributed by atoms with Gasteiger partial charge in [-0.25, -0.2) is 0 Å². The summed E-state index contributed by atoms with van der Waals surface area (Å²) in [6, 6.07) is -0.147. The highest BCUT2D eigenvalue weighted by atomic mass is 19.3. The van der Waals surface area contributed by atoms with Crippen LogP contribution in [0.2, 0.25) is 0 Å². The fourth-order valence-electron chi connectivity index (χ4n) is 1.75. The molecule has 0 spiro atoms. The summed E-state index contributed by atoms with van der Waals surface area (Å²) in [5.41, 5.74) is 5.44. The van der Waals surface area contributed by atoms with Crippen LogP contribution in [0.5, 0.6) is 0 Å². The summed E-state index contributed by atoms with van der Waals surface area (Å²) in [5, 5.41) is 2.31. The zero-order chi connectivity index (χ0) is 9.84. The minimum absolute atomic E-state index is 0.147. The van der Waals surface area contributed by atoms with Gasteiger partial charge in [-0.2, -0.15) is 8.78 Å². The molecule has 1 saturated carbocycles. The molecular formula is C8H14F2N2O. The molecule has 1 amide bonds. The molecule has 1 aliphatic carbocycles. The van der Waals surface area contributed by atoms with Gasteiger partial charge in [0.1, 0.15) is 0 Å². The van der Waals surface area contributed by atoms with E-state index in [9.17, 15) is 13.6 Å². The largest absolute Gasteiger partial charge is 0.348 e. The third-order valence-electron chi connectivity index (χ3n) is 2.49. The van der Waals surface area contributed by atoms with Crippen molar-refractivity contribution in [2.75, 3.05) is 6.54 Å². The zero-order valence-electron chi connectivity index (χ0n) is 7.30. The molecule has 13 heavy (non-hydrogen) atoms. The van der Waals surface area contributed by atoms with Crippen LogP contribution >= 0.6 is 0 Å². The van der Waals surface area contributed by atoms with E-state index >= 15 is 0 Å². The lowest BCUT2D eigenvalue weighted by molar-refractivity contribution is -0.132. The second kappa shape index (κ2) is 4.50. The Kier molecular flexibility index (Phi) is 3.59. The maximum Gasteiger partial charge on any atom is 0.315 e. The monoisotopic (exact) mass is 192 g/mol. The number of carbonyl (C=O) groups is 1. The van der Waals surface area contributed by atoms with E-state index in [1.54, 1.807) is 0 Å². The molecule has 0 aliphatic heterocycles. The normalized spacial score (nSPS) is 28.0. The number of rotatable bonds is 3. The Hall–Kier alpha value is -0.710. The fourth-order valence-corrected chi connectivity index (χ4v) is 1.75. The molecule has 76 valence electrons. The van der Waals surface area contributed by atoms with Gasteiger partial charge in [-0.05, 0) is 25.3 Å². The molecule has 0 radical (unpaired) electrons. The predicted octanol–water partition coefficient (Wildman–Crippen LogP) is 0.495. The Morgan fingerprint density at radius 3 is 2.77 bits per heavy atom. The Bertz CT molecular complexity index is 187. The smallest absolute Gasteiger partial charge is 0.315 e. The Balaban J connectivity index is 2.39. The standard InChI is InChI=1S/C8H14F2N2O/c9-7(10)8(13)12-6-3-1-2-5(6)4-11/h5-7H,1-4,11H2,(H,12,13). The maximum atomic E-state index is 11.9. The minimum atomic E-state index is -2.92. The number of amides is 1. The van der Waals surface area contributed by atoms with Gasteiger partial charge in [0.05, 0.1) is 0 Å². The number of alkyl halides is 2. The van der Waals surface area contributed by atoms with Crippen LogP contribution in [0.4, 0.5) is 8.78 Å². The molecule has 0 saturated heterocycles. The molecule has 1 fully saturated rings. The molecule has 5 heteroatoms. The van der Waals surface area contributed by atoms with Gasteiger partial charge in [-0.3, -0.25) is 4.79 Å². The van der Waals surface area contributed by atoms with Crippen LogP contribution in [-0.2, 0) is 4.79 Å². The van der Waals surface area contributed by atoms with Crippen molar-refractivity contribution in [3.63, 3.8) is 0 Å². The van der Waals surface area contributed by atoms with Gasteiger partial charge in [-0.1, -0.05) is 6.42 Å². The lowest BCUT2D eigenvalue weighted by Crippen LogP contribution is -2.42. The van der Waals surface area contributed by atoms with Crippen molar-refractivity contribution in [2.45, 2.75) is 31.7 Å². The average Bonchev–Trinajstić information content (AvgIpc) is 2.51. The van der Waals surface area contributed by atoms with Gasteiger partial charge in [-0.15, -0.1) is 0 Å². The molecular weight excluding hydrogens is 178 g/mol. The second-order valence-corrected chi connectivity index (χ2v) is 3.34. The van der Waals surface area contributed by atoms with E-state index in [-0.39, 0.29) is 12.0 Å². The van der Waals surface area contributed by atoms with Crippen molar-refractivity contribution in [1.29, 1.82) is 0 Å². The highest BCUT2D eigenvalue weighted by Crippen LogP contribution is 2.24. The molecule has 0 heterocycles. The first-order valence-electron chi connectivity index (χ1n) is 4.43. The van der Waals surface area contributed by atoms with Crippen molar-refractivity contribution < 1.29 is 13.6 Å². The summed E-state index contributed by atoms with van der Waals surface area (Å²) in [7, 11) is 0. The number of hydrogen-bond acceptors (Lipinski definition) is 2. The Morgan fingerprint density at radius 1 is 1.54 bits per heavy atom. The third-order valence-corrected chi connectivity index (χ3v) is 2.49. The Morgan fingerprint density at radius 2 is 2.23 bits per heavy atom. The number of nitrogens with one attached hydrogen (secondary N) is 1. The quantitative estimate of drug-likeness (QED) is 0.684. The Labute approximate surface area is 75.7 Å². The van der Waals surface area contributed by atoms with Crippen LogP contribution in [0.1, 0.15) is 19.3 Å². The molecule has 3 nitrogen and oxygen atoms in total. The number of carbonyl (C=O) groups excluding carboxylic acids is 1. The first-order valence-corrected chi connectivity index (χ1v) is 4.43. The zero-order valence-corrected chi connectivity index (χ0v) is 7.30. The van der Waals surface area contributed by atoms with E-state index in [1.165, 1.54) is 0 Å². The topological polar surface area (TPSA) is 55.1 Å². The number of nitrogens with two attached hydrogens (primary N) is 1. The predicted molar refractivity (Wildman–Crippen MR) is 44.3 cm³/mol. The van der Waals surface area contributed by atoms with Crippen molar-refractivity contribution in [1.82, 2.24) is 5.32 Å². The summed E-state index contributed by atoms with van der Waals surface area (Å²) in [6.07, 6.45) is -0.278. The lowest BCUT2D eigenvalue weighted by Gasteiger charge is -2.18. The number of hydrogen-bond donors (Lipinski definition) is 2. The fraction of sp³-hybridized carbons (Fsp3) is 0.875. The highest BCUT2D eigenvalue weighted by molar-refractivity contribution is 5.79. The SMILES string of the molecule is NCC1CCCC1NC(=O)C(F)F. The van der Waals surface area contributed by atoms with Gasteiger partial charge >= 0.3 is 6.43 Å². The van der Waals surface area contributed by atoms with Crippen LogP contribution in [0.25, 0.3) is 0 Å². The molecule has 0 aromatic heterocycles. The van der Waals surface area contributed by atoms with Crippen molar-refractivity contribution in [3.05, 3.63) is 0 Å². The molecule has 2 unspecified atom stereocenters. The summed E-state index contributed by atoms with van der Waals surface area (Å²) in [4.78, 5) is 10.7. The minimum Gasteiger partial charge on any atom is -0.348 e. The first-order chi connectivity index (χ1) is 6.15. The van der Waals surface area contributed by atoms with Gasteiger partial charge in [0.2, 0.25) is 0 Å². The van der Waals surface area contributed by atoms with E-state index in [1.807, 2.05) is 0 Å². The number of halogens is 2. The summed E-state index contributed by atoms with van der Waals surface area (Å²) >= 11 is 0. The molecule has 3 N–H and O–H groups in total. The van der Waals surface area contributed by atoms with Crippen LogP contribution in [0, 0.1) is 5.92 Å². The third kappa shape index (κ3) is 2.62.